The van der Waals surface area contributed by atoms with Gasteiger partial charge < -0.3 is 11.1 Å². The van der Waals surface area contributed by atoms with Gasteiger partial charge in [0.25, 0.3) is 0 Å². The van der Waals surface area contributed by atoms with Crippen molar-refractivity contribution in [1.29, 1.82) is 0 Å². The molecule has 3 heteroatoms. The Hall–Kier alpha value is -0.570. The van der Waals surface area contributed by atoms with E-state index < -0.39 is 0 Å². The minimum absolute atomic E-state index is 0.0576. The molecular formula is C16H30N2O. The molecule has 1 amide bonds. The maximum atomic E-state index is 12.4. The van der Waals surface area contributed by atoms with Crippen molar-refractivity contribution >= 4 is 5.91 Å². The molecule has 0 atom stereocenters. The summed E-state index contributed by atoms with van der Waals surface area (Å²) in [5.74, 6) is 1.25. The Morgan fingerprint density at radius 3 is 2.16 bits per heavy atom. The largest absolute Gasteiger partial charge is 0.349 e. The quantitative estimate of drug-likeness (QED) is 0.825. The summed E-state index contributed by atoms with van der Waals surface area (Å²) in [6, 6.07) is 0. The van der Waals surface area contributed by atoms with Crippen LogP contribution in [0.5, 0.6) is 0 Å². The molecule has 0 saturated heterocycles. The predicted octanol–water partition coefficient (Wildman–Crippen LogP) is 2.84. The molecule has 0 radical (unpaired) electrons. The van der Waals surface area contributed by atoms with Gasteiger partial charge >= 0.3 is 0 Å². The molecule has 3 nitrogen and oxygen atoms in total. The first kappa shape index (κ1) is 14.8. The number of hydrogen-bond donors (Lipinski definition) is 2. The molecule has 0 aromatic rings. The molecule has 0 bridgehead atoms. The molecule has 3 N–H and O–H groups in total. The van der Waals surface area contributed by atoms with Gasteiger partial charge in [-0.25, -0.2) is 0 Å². The number of amides is 1. The van der Waals surface area contributed by atoms with E-state index in [0.29, 0.717) is 12.0 Å². The second-order valence-corrected chi connectivity index (χ2v) is 7.74. The van der Waals surface area contributed by atoms with Gasteiger partial charge in [-0.3, -0.25) is 4.79 Å². The average molecular weight is 266 g/mol. The van der Waals surface area contributed by atoms with Gasteiger partial charge in [-0.2, -0.15) is 0 Å². The number of carbonyl (C=O) groups is 1. The van der Waals surface area contributed by atoms with E-state index in [9.17, 15) is 4.79 Å². The zero-order valence-corrected chi connectivity index (χ0v) is 12.8. The summed E-state index contributed by atoms with van der Waals surface area (Å²) in [6.45, 7) is 7.54. The van der Waals surface area contributed by atoms with Crippen LogP contribution in [-0.2, 0) is 4.79 Å². The van der Waals surface area contributed by atoms with E-state index in [2.05, 4.69) is 26.1 Å². The van der Waals surface area contributed by atoms with Gasteiger partial charge in [-0.05, 0) is 56.3 Å². The first-order valence-electron chi connectivity index (χ1n) is 7.88. The van der Waals surface area contributed by atoms with E-state index in [0.717, 1.165) is 31.6 Å². The van der Waals surface area contributed by atoms with Gasteiger partial charge in [0.15, 0.2) is 0 Å². The zero-order valence-electron chi connectivity index (χ0n) is 12.8. The second kappa shape index (κ2) is 5.43. The third-order valence-electron chi connectivity index (χ3n) is 5.41. The lowest BCUT2D eigenvalue weighted by Gasteiger charge is -2.43. The Labute approximate surface area is 117 Å². The van der Waals surface area contributed by atoms with Crippen molar-refractivity contribution in [2.45, 2.75) is 71.3 Å². The molecule has 0 aromatic heterocycles. The van der Waals surface area contributed by atoms with Crippen LogP contribution in [0.25, 0.3) is 0 Å². The number of nitrogens with one attached hydrogen (secondary N) is 1. The van der Waals surface area contributed by atoms with Crippen LogP contribution in [0.4, 0.5) is 0 Å². The number of rotatable bonds is 3. The molecule has 2 aliphatic rings. The molecule has 2 saturated carbocycles. The number of hydrogen-bond acceptors (Lipinski definition) is 2. The number of carbonyl (C=O) groups excluding carboxylic acids is 1. The average Bonchev–Trinajstić information content (AvgIpc) is 2.32. The van der Waals surface area contributed by atoms with E-state index in [1.54, 1.807) is 0 Å². The Morgan fingerprint density at radius 2 is 1.79 bits per heavy atom. The lowest BCUT2D eigenvalue weighted by atomic mass is 9.69. The summed E-state index contributed by atoms with van der Waals surface area (Å²) in [5.41, 5.74) is 6.14. The van der Waals surface area contributed by atoms with Gasteiger partial charge in [0.1, 0.15) is 0 Å². The van der Waals surface area contributed by atoms with Crippen molar-refractivity contribution in [3.05, 3.63) is 0 Å². The normalized spacial score (nSPS) is 30.5. The smallest absolute Gasteiger partial charge is 0.223 e. The maximum absolute atomic E-state index is 12.4. The van der Waals surface area contributed by atoms with Crippen LogP contribution >= 0.6 is 0 Å². The van der Waals surface area contributed by atoms with Gasteiger partial charge in [0.05, 0.1) is 5.54 Å². The fourth-order valence-electron chi connectivity index (χ4n) is 3.57. The molecule has 2 rings (SSSR count). The van der Waals surface area contributed by atoms with Crippen LogP contribution in [0, 0.1) is 17.3 Å². The Balaban J connectivity index is 1.83. The van der Waals surface area contributed by atoms with Gasteiger partial charge in [0.2, 0.25) is 5.91 Å². The standard InChI is InChI=1S/C16H30N2O/c1-15(2,3)13-7-5-12(6-8-13)14(19)18-16(11-17)9-4-10-16/h12-13H,4-11,17H2,1-3H3,(H,18,19). The molecular weight excluding hydrogens is 236 g/mol. The van der Waals surface area contributed by atoms with Crippen LogP contribution in [0.15, 0.2) is 0 Å². The van der Waals surface area contributed by atoms with Crippen molar-refractivity contribution in [2.24, 2.45) is 23.0 Å². The molecule has 2 fully saturated rings. The van der Waals surface area contributed by atoms with Crippen molar-refractivity contribution in [3.8, 4) is 0 Å². The molecule has 0 aliphatic heterocycles. The van der Waals surface area contributed by atoms with E-state index >= 15 is 0 Å². The third-order valence-corrected chi connectivity index (χ3v) is 5.41. The lowest BCUT2D eigenvalue weighted by molar-refractivity contribution is -0.129. The van der Waals surface area contributed by atoms with Gasteiger partial charge in [-0.15, -0.1) is 0 Å². The summed E-state index contributed by atoms with van der Waals surface area (Å²) >= 11 is 0. The molecule has 19 heavy (non-hydrogen) atoms. The third kappa shape index (κ3) is 3.31. The summed E-state index contributed by atoms with van der Waals surface area (Å²) in [7, 11) is 0. The fourth-order valence-corrected chi connectivity index (χ4v) is 3.57. The second-order valence-electron chi connectivity index (χ2n) is 7.74. The summed E-state index contributed by atoms with van der Waals surface area (Å²) < 4.78 is 0. The highest BCUT2D eigenvalue weighted by atomic mass is 16.2. The monoisotopic (exact) mass is 266 g/mol. The lowest BCUT2D eigenvalue weighted by Crippen LogP contribution is -2.59. The topological polar surface area (TPSA) is 55.1 Å². The first-order chi connectivity index (χ1) is 8.86. The first-order valence-corrected chi connectivity index (χ1v) is 7.88. The molecule has 0 heterocycles. The molecule has 0 unspecified atom stereocenters. The Morgan fingerprint density at radius 1 is 1.21 bits per heavy atom. The van der Waals surface area contributed by atoms with Crippen LogP contribution in [-0.4, -0.2) is 18.0 Å². The fraction of sp³-hybridized carbons (Fsp3) is 0.938. The Kier molecular flexibility index (Phi) is 4.24. The highest BCUT2D eigenvalue weighted by Gasteiger charge is 2.39. The van der Waals surface area contributed by atoms with Crippen LogP contribution < -0.4 is 11.1 Å². The molecule has 0 aromatic carbocycles. The number of nitrogens with two attached hydrogens (primary N) is 1. The molecule has 0 spiro atoms. The van der Waals surface area contributed by atoms with Gasteiger partial charge in [0, 0.05) is 12.5 Å². The minimum atomic E-state index is -0.0576. The summed E-state index contributed by atoms with van der Waals surface area (Å²) in [6.07, 6.45) is 7.81. The minimum Gasteiger partial charge on any atom is -0.349 e. The summed E-state index contributed by atoms with van der Waals surface area (Å²) in [5, 5.41) is 3.24. The van der Waals surface area contributed by atoms with E-state index in [1.807, 2.05) is 0 Å². The van der Waals surface area contributed by atoms with E-state index in [-0.39, 0.29) is 17.4 Å². The zero-order chi connectivity index (χ0) is 14.1. The van der Waals surface area contributed by atoms with Crippen molar-refractivity contribution in [3.63, 3.8) is 0 Å². The maximum Gasteiger partial charge on any atom is 0.223 e. The van der Waals surface area contributed by atoms with Crippen molar-refractivity contribution in [1.82, 2.24) is 5.32 Å². The highest BCUT2D eigenvalue weighted by Crippen LogP contribution is 2.40. The SMILES string of the molecule is CC(C)(C)C1CCC(C(=O)NC2(CN)CCC2)CC1. The van der Waals surface area contributed by atoms with E-state index in [4.69, 9.17) is 5.73 Å². The Bertz CT molecular complexity index is 315. The van der Waals surface area contributed by atoms with Crippen LogP contribution in [0.1, 0.15) is 65.7 Å². The van der Waals surface area contributed by atoms with E-state index in [1.165, 1.54) is 19.3 Å². The van der Waals surface area contributed by atoms with Crippen molar-refractivity contribution in [2.75, 3.05) is 6.54 Å². The predicted molar refractivity (Wildman–Crippen MR) is 78.7 cm³/mol. The summed E-state index contributed by atoms with van der Waals surface area (Å²) in [4.78, 5) is 12.4. The van der Waals surface area contributed by atoms with Gasteiger partial charge in [-0.1, -0.05) is 20.8 Å². The van der Waals surface area contributed by atoms with Crippen molar-refractivity contribution < 1.29 is 4.79 Å². The highest BCUT2D eigenvalue weighted by molar-refractivity contribution is 5.79. The molecule has 2 aliphatic carbocycles. The molecule has 110 valence electrons. The van der Waals surface area contributed by atoms with Crippen LogP contribution in [0.3, 0.4) is 0 Å². The van der Waals surface area contributed by atoms with Crippen LogP contribution in [0.2, 0.25) is 0 Å².